The summed E-state index contributed by atoms with van der Waals surface area (Å²) in [6.45, 7) is 5.72. The lowest BCUT2D eigenvalue weighted by molar-refractivity contribution is -0.153. The molecule has 36 heavy (non-hydrogen) atoms. The summed E-state index contributed by atoms with van der Waals surface area (Å²) in [5.74, 6) is -2.44. The third-order valence-corrected chi connectivity index (χ3v) is 5.45. The molecule has 3 N–H and O–H groups in total. The number of nitrogens with one attached hydrogen (secondary N) is 2. The number of carbonyl (C=O) groups is 4. The normalized spacial score (nSPS) is 14.0. The summed E-state index contributed by atoms with van der Waals surface area (Å²) in [6, 6.07) is 14.2. The van der Waals surface area contributed by atoms with E-state index in [1.54, 1.807) is 20.8 Å². The molecular formula is C26H30N2O8. The molecule has 0 spiro atoms. The fraction of sp³-hybridized carbons (Fsp3) is 0.385. The van der Waals surface area contributed by atoms with Gasteiger partial charge in [0.1, 0.15) is 24.9 Å². The average molecular weight is 499 g/mol. The Bertz CT molecular complexity index is 1100. The number of alkyl carbamates (subject to hydrolysis) is 2. The fourth-order valence-corrected chi connectivity index (χ4v) is 3.93. The van der Waals surface area contributed by atoms with Crippen molar-refractivity contribution in [2.45, 2.75) is 51.4 Å². The Morgan fingerprint density at radius 2 is 1.50 bits per heavy atom. The highest BCUT2D eigenvalue weighted by molar-refractivity contribution is 5.82. The SMILES string of the molecule is C[C@@H](OC(=O)CNC(=O)OCC1c2ccccc2-c2ccccc21)[C@@H](NC(=O)OC(C)(C)C)C(=O)O. The first-order valence-corrected chi connectivity index (χ1v) is 11.5. The van der Waals surface area contributed by atoms with Gasteiger partial charge >= 0.3 is 24.1 Å². The molecule has 0 fully saturated rings. The Balaban J connectivity index is 1.49. The second-order valence-electron chi connectivity index (χ2n) is 9.34. The first kappa shape index (κ1) is 26.5. The van der Waals surface area contributed by atoms with E-state index in [1.165, 1.54) is 6.92 Å². The van der Waals surface area contributed by atoms with Crippen molar-refractivity contribution in [2.24, 2.45) is 0 Å². The van der Waals surface area contributed by atoms with E-state index in [1.807, 2.05) is 48.5 Å². The van der Waals surface area contributed by atoms with E-state index in [0.717, 1.165) is 22.3 Å². The molecular weight excluding hydrogens is 468 g/mol. The lowest BCUT2D eigenvalue weighted by atomic mass is 9.98. The van der Waals surface area contributed by atoms with Crippen molar-refractivity contribution in [3.63, 3.8) is 0 Å². The van der Waals surface area contributed by atoms with Crippen LogP contribution in [0.3, 0.4) is 0 Å². The van der Waals surface area contributed by atoms with Gasteiger partial charge in [0.05, 0.1) is 0 Å². The van der Waals surface area contributed by atoms with E-state index in [-0.39, 0.29) is 12.5 Å². The monoisotopic (exact) mass is 498 g/mol. The molecule has 0 saturated heterocycles. The summed E-state index contributed by atoms with van der Waals surface area (Å²) in [4.78, 5) is 47.8. The Labute approximate surface area is 208 Å². The standard InChI is InChI=1S/C26H30N2O8/c1-15(22(23(30)31)28-25(33)36-26(2,3)4)35-21(29)13-27-24(32)34-14-20-18-11-7-5-9-16(18)17-10-6-8-12-19(17)20/h5-12,15,20,22H,13-14H2,1-4H3,(H,27,32)(H,28,33)(H,30,31)/t15-,22-/m1/s1. The minimum Gasteiger partial charge on any atom is -0.480 e. The molecule has 10 heteroatoms. The van der Waals surface area contributed by atoms with Gasteiger partial charge in [-0.05, 0) is 49.9 Å². The molecule has 2 atom stereocenters. The molecule has 192 valence electrons. The van der Waals surface area contributed by atoms with Gasteiger partial charge < -0.3 is 30.0 Å². The van der Waals surface area contributed by atoms with Crippen LogP contribution in [0.5, 0.6) is 0 Å². The molecule has 0 saturated carbocycles. The number of carbonyl (C=O) groups excluding carboxylic acids is 3. The van der Waals surface area contributed by atoms with E-state index in [0.29, 0.717) is 0 Å². The van der Waals surface area contributed by atoms with Crippen molar-refractivity contribution < 1.29 is 38.5 Å². The third-order valence-electron chi connectivity index (χ3n) is 5.45. The zero-order chi connectivity index (χ0) is 26.5. The second-order valence-corrected chi connectivity index (χ2v) is 9.34. The third kappa shape index (κ3) is 6.74. The number of aliphatic carboxylic acids is 1. The van der Waals surface area contributed by atoms with Crippen LogP contribution in [-0.2, 0) is 23.8 Å². The molecule has 3 rings (SSSR count). The molecule has 0 unspecified atom stereocenters. The molecule has 10 nitrogen and oxygen atoms in total. The number of esters is 1. The zero-order valence-corrected chi connectivity index (χ0v) is 20.6. The van der Waals surface area contributed by atoms with E-state index in [9.17, 15) is 24.3 Å². The first-order valence-electron chi connectivity index (χ1n) is 11.5. The van der Waals surface area contributed by atoms with Gasteiger partial charge in [-0.1, -0.05) is 48.5 Å². The first-order chi connectivity index (χ1) is 17.0. The van der Waals surface area contributed by atoms with Crippen LogP contribution >= 0.6 is 0 Å². The summed E-state index contributed by atoms with van der Waals surface area (Å²) in [7, 11) is 0. The van der Waals surface area contributed by atoms with Gasteiger partial charge in [0.2, 0.25) is 0 Å². The van der Waals surface area contributed by atoms with E-state index < -0.39 is 48.4 Å². The topological polar surface area (TPSA) is 140 Å². The van der Waals surface area contributed by atoms with Crippen LogP contribution in [0.4, 0.5) is 9.59 Å². The average Bonchev–Trinajstić information content (AvgIpc) is 3.12. The van der Waals surface area contributed by atoms with Gasteiger partial charge in [-0.3, -0.25) is 4.79 Å². The van der Waals surface area contributed by atoms with E-state index in [2.05, 4.69) is 10.6 Å². The van der Waals surface area contributed by atoms with Crippen molar-refractivity contribution in [1.82, 2.24) is 10.6 Å². The summed E-state index contributed by atoms with van der Waals surface area (Å²) < 4.78 is 15.5. The van der Waals surface area contributed by atoms with Crippen LogP contribution < -0.4 is 10.6 Å². The largest absolute Gasteiger partial charge is 0.480 e. The lowest BCUT2D eigenvalue weighted by Crippen LogP contribution is -2.51. The van der Waals surface area contributed by atoms with Gasteiger partial charge in [0.15, 0.2) is 6.04 Å². The smallest absolute Gasteiger partial charge is 0.408 e. The summed E-state index contributed by atoms with van der Waals surface area (Å²) >= 11 is 0. The van der Waals surface area contributed by atoms with Crippen LogP contribution in [0.1, 0.15) is 44.7 Å². The quantitative estimate of drug-likeness (QED) is 0.371. The summed E-state index contributed by atoms with van der Waals surface area (Å²) in [5.41, 5.74) is 3.45. The molecule has 0 aliphatic heterocycles. The van der Waals surface area contributed by atoms with Crippen LogP contribution in [0, 0.1) is 0 Å². The van der Waals surface area contributed by atoms with Gasteiger partial charge in [-0.15, -0.1) is 0 Å². The number of hydrogen-bond acceptors (Lipinski definition) is 7. The fourth-order valence-electron chi connectivity index (χ4n) is 3.93. The number of fused-ring (bicyclic) bond motifs is 3. The summed E-state index contributed by atoms with van der Waals surface area (Å²) in [5, 5.41) is 13.8. The number of amides is 2. The van der Waals surface area contributed by atoms with E-state index in [4.69, 9.17) is 14.2 Å². The predicted octanol–water partition coefficient (Wildman–Crippen LogP) is 3.43. The van der Waals surface area contributed by atoms with Crippen LogP contribution in [-0.4, -0.2) is 60.1 Å². The minimum atomic E-state index is -1.54. The van der Waals surface area contributed by atoms with Gasteiger partial charge in [-0.2, -0.15) is 0 Å². The molecule has 0 aromatic heterocycles. The number of rotatable bonds is 8. The molecule has 0 radical (unpaired) electrons. The molecule has 2 amide bonds. The molecule has 1 aliphatic carbocycles. The number of benzene rings is 2. The van der Waals surface area contributed by atoms with Crippen LogP contribution in [0.25, 0.3) is 11.1 Å². The Morgan fingerprint density at radius 1 is 0.944 bits per heavy atom. The second kappa shape index (κ2) is 11.1. The molecule has 0 bridgehead atoms. The number of ether oxygens (including phenoxy) is 3. The summed E-state index contributed by atoms with van der Waals surface area (Å²) in [6.07, 6.45) is -3.01. The zero-order valence-electron chi connectivity index (χ0n) is 20.6. The minimum absolute atomic E-state index is 0.0756. The maximum atomic E-state index is 12.2. The number of carboxylic acid groups (broad SMARTS) is 1. The molecule has 2 aromatic rings. The van der Waals surface area contributed by atoms with Crippen molar-refractivity contribution in [3.05, 3.63) is 59.7 Å². The maximum absolute atomic E-state index is 12.2. The lowest BCUT2D eigenvalue weighted by Gasteiger charge is -2.24. The van der Waals surface area contributed by atoms with Crippen LogP contribution in [0.15, 0.2) is 48.5 Å². The predicted molar refractivity (Wildman–Crippen MR) is 129 cm³/mol. The van der Waals surface area contributed by atoms with Gasteiger partial charge in [0.25, 0.3) is 0 Å². The Hall–Kier alpha value is -4.08. The van der Waals surface area contributed by atoms with Gasteiger partial charge in [0, 0.05) is 5.92 Å². The maximum Gasteiger partial charge on any atom is 0.408 e. The Kier molecular flexibility index (Phi) is 8.18. The highest BCUT2D eigenvalue weighted by Crippen LogP contribution is 2.44. The van der Waals surface area contributed by atoms with Crippen molar-refractivity contribution in [3.8, 4) is 11.1 Å². The molecule has 2 aromatic carbocycles. The molecule has 0 heterocycles. The van der Waals surface area contributed by atoms with Crippen LogP contribution in [0.2, 0.25) is 0 Å². The highest BCUT2D eigenvalue weighted by atomic mass is 16.6. The van der Waals surface area contributed by atoms with Gasteiger partial charge in [-0.25, -0.2) is 14.4 Å². The van der Waals surface area contributed by atoms with Crippen molar-refractivity contribution in [2.75, 3.05) is 13.2 Å². The highest BCUT2D eigenvalue weighted by Gasteiger charge is 2.32. The van der Waals surface area contributed by atoms with Crippen molar-refractivity contribution in [1.29, 1.82) is 0 Å². The van der Waals surface area contributed by atoms with Crippen molar-refractivity contribution >= 4 is 24.1 Å². The number of carboxylic acids is 1. The molecule has 1 aliphatic rings. The number of hydrogen-bond donors (Lipinski definition) is 3. The Morgan fingerprint density at radius 3 is 2.03 bits per heavy atom. The van der Waals surface area contributed by atoms with E-state index >= 15 is 0 Å².